The Morgan fingerprint density at radius 3 is 2.12 bits per heavy atom. The number of rotatable bonds is 6. The molecule has 0 bridgehead atoms. The molecular weight excluding hydrogens is 546 g/mol. The molecule has 4 nitrogen and oxygen atoms in total. The van der Waals surface area contributed by atoms with Crippen LogP contribution in [0.25, 0.3) is 10.8 Å². The lowest BCUT2D eigenvalue weighted by atomic mass is 9.82. The molecule has 1 saturated heterocycles. The van der Waals surface area contributed by atoms with Crippen LogP contribution in [0.3, 0.4) is 0 Å². The SMILES string of the molecule is O=C(Cc1ccncc1)N1C[C@@H](Cc2cccc3ccccc23)[C@H](c2ccc(C(O)(C(F)(F)F)C(F)(F)F)cc2)C1. The van der Waals surface area contributed by atoms with Gasteiger partial charge in [-0.15, -0.1) is 0 Å². The largest absolute Gasteiger partial charge is 0.430 e. The number of aliphatic hydroxyl groups is 1. The molecule has 1 aliphatic heterocycles. The zero-order valence-electron chi connectivity index (χ0n) is 21.7. The van der Waals surface area contributed by atoms with Gasteiger partial charge in [0.05, 0.1) is 6.42 Å². The van der Waals surface area contributed by atoms with Gasteiger partial charge in [0.2, 0.25) is 5.91 Å². The summed E-state index contributed by atoms with van der Waals surface area (Å²) in [5.74, 6) is -0.645. The lowest BCUT2D eigenvalue weighted by molar-refractivity contribution is -0.376. The quantitative estimate of drug-likeness (QED) is 0.266. The lowest BCUT2D eigenvalue weighted by Gasteiger charge is -2.33. The second kappa shape index (κ2) is 10.8. The van der Waals surface area contributed by atoms with Gasteiger partial charge in [0, 0.05) is 37.0 Å². The fourth-order valence-corrected chi connectivity index (χ4v) is 5.66. The van der Waals surface area contributed by atoms with Crippen LogP contribution in [0.4, 0.5) is 26.3 Å². The molecule has 3 aromatic carbocycles. The fraction of sp³-hybridized carbons (Fsp3) is 0.290. The second-order valence-corrected chi connectivity index (χ2v) is 10.4. The minimum atomic E-state index is -5.97. The molecule has 0 aliphatic carbocycles. The van der Waals surface area contributed by atoms with Gasteiger partial charge in [-0.3, -0.25) is 9.78 Å². The molecule has 1 fully saturated rings. The normalized spacial score (nSPS) is 18.2. The number of hydrogen-bond acceptors (Lipinski definition) is 3. The van der Waals surface area contributed by atoms with E-state index in [2.05, 4.69) is 4.98 Å². The Balaban J connectivity index is 1.47. The molecule has 0 saturated carbocycles. The number of pyridine rings is 1. The summed E-state index contributed by atoms with van der Waals surface area (Å²) in [5, 5.41) is 11.9. The first-order valence-corrected chi connectivity index (χ1v) is 13.0. The van der Waals surface area contributed by atoms with Crippen LogP contribution >= 0.6 is 0 Å². The van der Waals surface area contributed by atoms with E-state index in [1.807, 2.05) is 42.5 Å². The minimum Gasteiger partial charge on any atom is -0.369 e. The molecule has 1 aliphatic rings. The van der Waals surface area contributed by atoms with Crippen LogP contribution in [0.5, 0.6) is 0 Å². The van der Waals surface area contributed by atoms with Gasteiger partial charge in [-0.25, -0.2) is 0 Å². The van der Waals surface area contributed by atoms with E-state index in [1.54, 1.807) is 29.4 Å². The van der Waals surface area contributed by atoms with Gasteiger partial charge in [0.15, 0.2) is 0 Å². The van der Waals surface area contributed by atoms with Crippen molar-refractivity contribution in [3.8, 4) is 0 Å². The van der Waals surface area contributed by atoms with Crippen molar-refractivity contribution in [2.45, 2.75) is 36.7 Å². The number of carbonyl (C=O) groups excluding carboxylic acids is 1. The van der Waals surface area contributed by atoms with Gasteiger partial charge in [0.1, 0.15) is 0 Å². The van der Waals surface area contributed by atoms with Crippen LogP contribution in [-0.4, -0.2) is 46.3 Å². The molecular formula is C31H26F6N2O2. The van der Waals surface area contributed by atoms with E-state index in [0.717, 1.165) is 21.9 Å². The summed E-state index contributed by atoms with van der Waals surface area (Å²) in [7, 11) is 0. The number of hydrogen-bond donors (Lipinski definition) is 1. The zero-order chi connectivity index (χ0) is 29.4. The minimum absolute atomic E-state index is 0.137. The van der Waals surface area contributed by atoms with Gasteiger partial charge >= 0.3 is 12.4 Å². The van der Waals surface area contributed by atoms with Gasteiger partial charge < -0.3 is 10.0 Å². The predicted molar refractivity (Wildman–Crippen MR) is 141 cm³/mol. The fourth-order valence-electron chi connectivity index (χ4n) is 5.66. The van der Waals surface area contributed by atoms with Crippen LogP contribution in [0.1, 0.15) is 28.2 Å². The van der Waals surface area contributed by atoms with Crippen LogP contribution in [-0.2, 0) is 23.2 Å². The molecule has 0 unspecified atom stereocenters. The Hall–Kier alpha value is -3.92. The van der Waals surface area contributed by atoms with E-state index in [4.69, 9.17) is 0 Å². The molecule has 41 heavy (non-hydrogen) atoms. The number of benzene rings is 3. The number of halogens is 6. The second-order valence-electron chi connectivity index (χ2n) is 10.4. The first kappa shape index (κ1) is 28.6. The van der Waals surface area contributed by atoms with Crippen LogP contribution < -0.4 is 0 Å². The van der Waals surface area contributed by atoms with Crippen LogP contribution in [0, 0.1) is 5.92 Å². The van der Waals surface area contributed by atoms with E-state index >= 15 is 0 Å². The van der Waals surface area contributed by atoms with E-state index in [0.29, 0.717) is 30.7 Å². The number of nitrogens with zero attached hydrogens (tertiary/aromatic N) is 2. The highest BCUT2D eigenvalue weighted by Gasteiger charge is 2.71. The van der Waals surface area contributed by atoms with Crippen molar-refractivity contribution < 1.29 is 36.2 Å². The highest BCUT2D eigenvalue weighted by molar-refractivity contribution is 5.85. The van der Waals surface area contributed by atoms with Crippen molar-refractivity contribution in [2.24, 2.45) is 5.92 Å². The first-order valence-electron chi connectivity index (χ1n) is 13.0. The van der Waals surface area contributed by atoms with E-state index in [1.165, 1.54) is 12.1 Å². The maximum Gasteiger partial charge on any atom is 0.430 e. The third kappa shape index (κ3) is 5.53. The van der Waals surface area contributed by atoms with E-state index in [9.17, 15) is 36.2 Å². The van der Waals surface area contributed by atoms with Crippen molar-refractivity contribution >= 4 is 16.7 Å². The number of alkyl halides is 6. The molecule has 1 aromatic heterocycles. The van der Waals surface area contributed by atoms with Crippen LogP contribution in [0.2, 0.25) is 0 Å². The molecule has 2 heterocycles. The summed E-state index contributed by atoms with van der Waals surface area (Å²) >= 11 is 0. The van der Waals surface area contributed by atoms with Crippen molar-refractivity contribution in [2.75, 3.05) is 13.1 Å². The topological polar surface area (TPSA) is 53.4 Å². The average molecular weight is 573 g/mol. The number of fused-ring (bicyclic) bond motifs is 1. The summed E-state index contributed by atoms with van der Waals surface area (Å²) in [5.41, 5.74) is -4.01. The summed E-state index contributed by atoms with van der Waals surface area (Å²) in [4.78, 5) is 18.9. The highest BCUT2D eigenvalue weighted by Crippen LogP contribution is 2.50. The lowest BCUT2D eigenvalue weighted by Crippen LogP contribution is -2.53. The summed E-state index contributed by atoms with van der Waals surface area (Å²) in [6.07, 6.45) is -8.08. The standard InChI is InChI=1S/C31H26F6N2O2/c32-30(33,34)29(41,31(35,36)37)25-10-8-22(9-11-25)27-19-39(28(40)16-20-12-14-38-15-13-20)18-24(27)17-23-6-3-5-21-4-1-2-7-26(21)23/h1-15,24,27,41H,16-19H2/t24-,27+/m1/s1. The smallest absolute Gasteiger partial charge is 0.369 e. The Morgan fingerprint density at radius 2 is 1.46 bits per heavy atom. The maximum absolute atomic E-state index is 13.4. The van der Waals surface area contributed by atoms with Crippen molar-refractivity contribution in [3.05, 3.63) is 114 Å². The molecule has 0 radical (unpaired) electrons. The van der Waals surface area contributed by atoms with E-state index < -0.39 is 23.5 Å². The molecule has 4 aromatic rings. The monoisotopic (exact) mass is 572 g/mol. The van der Waals surface area contributed by atoms with Crippen molar-refractivity contribution in [1.82, 2.24) is 9.88 Å². The third-order valence-corrected chi connectivity index (χ3v) is 7.84. The van der Waals surface area contributed by atoms with Gasteiger partial charge in [-0.1, -0.05) is 66.7 Å². The molecule has 5 rings (SSSR count). The number of likely N-dealkylation sites (tertiary alicyclic amines) is 1. The summed E-state index contributed by atoms with van der Waals surface area (Å²) < 4.78 is 80.5. The van der Waals surface area contributed by atoms with Gasteiger partial charge in [-0.2, -0.15) is 26.3 Å². The predicted octanol–water partition coefficient (Wildman–Crippen LogP) is 6.57. The van der Waals surface area contributed by atoms with Crippen molar-refractivity contribution in [3.63, 3.8) is 0 Å². The number of carbonyl (C=O) groups is 1. The Morgan fingerprint density at radius 1 is 0.829 bits per heavy atom. The Bertz CT molecular complexity index is 1500. The van der Waals surface area contributed by atoms with Crippen LogP contribution in [0.15, 0.2) is 91.3 Å². The number of amides is 1. The highest BCUT2D eigenvalue weighted by atomic mass is 19.4. The molecule has 10 heteroatoms. The number of aromatic nitrogens is 1. The maximum atomic E-state index is 13.4. The average Bonchev–Trinajstić information content (AvgIpc) is 3.36. The van der Waals surface area contributed by atoms with Crippen molar-refractivity contribution in [1.29, 1.82) is 0 Å². The third-order valence-electron chi connectivity index (χ3n) is 7.84. The molecule has 214 valence electrons. The van der Waals surface area contributed by atoms with E-state index in [-0.39, 0.29) is 30.7 Å². The molecule has 0 spiro atoms. The molecule has 1 N–H and O–H groups in total. The molecule has 2 atom stereocenters. The van der Waals surface area contributed by atoms with Gasteiger partial charge in [0.25, 0.3) is 5.60 Å². The Kier molecular flexibility index (Phi) is 7.54. The van der Waals surface area contributed by atoms with Gasteiger partial charge in [-0.05, 0) is 51.9 Å². The zero-order valence-corrected chi connectivity index (χ0v) is 21.7. The summed E-state index contributed by atoms with van der Waals surface area (Å²) in [6.45, 7) is 0.621. The Labute approximate surface area is 232 Å². The summed E-state index contributed by atoms with van der Waals surface area (Å²) in [6, 6.07) is 20.9. The first-order chi connectivity index (χ1) is 19.4. The molecule has 1 amide bonds.